The quantitative estimate of drug-likeness (QED) is 0.117. The van der Waals surface area contributed by atoms with Crippen LogP contribution < -0.4 is 0 Å². The van der Waals surface area contributed by atoms with Gasteiger partial charge >= 0.3 is 11.9 Å². The van der Waals surface area contributed by atoms with Crippen LogP contribution in [0, 0.1) is 5.92 Å². The van der Waals surface area contributed by atoms with Crippen LogP contribution in [-0.2, 0) is 19.1 Å². The van der Waals surface area contributed by atoms with Crippen molar-refractivity contribution in [3.8, 4) is 0 Å². The van der Waals surface area contributed by atoms with Crippen molar-refractivity contribution in [2.45, 2.75) is 128 Å². The molecule has 0 bridgehead atoms. The molecule has 1 saturated carbocycles. The zero-order valence-corrected chi connectivity index (χ0v) is 22.8. The third-order valence-electron chi connectivity index (χ3n) is 6.60. The molecule has 3 atom stereocenters. The smallest absolute Gasteiger partial charge is 0.315 e. The Morgan fingerprint density at radius 2 is 1.44 bits per heavy atom. The van der Waals surface area contributed by atoms with Crippen molar-refractivity contribution >= 4 is 23.7 Å². The maximum atomic E-state index is 12.0. The Morgan fingerprint density at radius 3 is 2.03 bits per heavy atom. The van der Waals surface area contributed by atoms with Crippen LogP contribution in [0.2, 0.25) is 0 Å². The van der Waals surface area contributed by atoms with Gasteiger partial charge in [-0.3, -0.25) is 9.59 Å². The SMILES string of the molecule is CCCCCCCCCCCCCC=C1CC[C@@H](CC(=O)OCC)[C@H](O)[C@H]1SCC(=O)OCC. The maximum Gasteiger partial charge on any atom is 0.315 e. The molecule has 0 aromatic carbocycles. The zero-order valence-electron chi connectivity index (χ0n) is 22.0. The number of unbranched alkanes of at least 4 members (excludes halogenated alkanes) is 11. The van der Waals surface area contributed by atoms with Crippen LogP contribution in [0.3, 0.4) is 0 Å². The minimum Gasteiger partial charge on any atom is -0.466 e. The second-order valence-electron chi connectivity index (χ2n) is 9.44. The zero-order chi connectivity index (χ0) is 25.0. The van der Waals surface area contributed by atoms with Crippen LogP contribution in [0.25, 0.3) is 0 Å². The predicted molar refractivity (Wildman–Crippen MR) is 142 cm³/mol. The number of carbonyl (C=O) groups excluding carboxylic acids is 2. The third-order valence-corrected chi connectivity index (χ3v) is 7.94. The summed E-state index contributed by atoms with van der Waals surface area (Å²) >= 11 is 1.45. The van der Waals surface area contributed by atoms with Crippen LogP contribution in [0.1, 0.15) is 117 Å². The van der Waals surface area contributed by atoms with Crippen molar-refractivity contribution in [3.63, 3.8) is 0 Å². The lowest BCUT2D eigenvalue weighted by molar-refractivity contribution is -0.145. The molecule has 1 fully saturated rings. The lowest BCUT2D eigenvalue weighted by atomic mass is 9.80. The van der Waals surface area contributed by atoms with Gasteiger partial charge in [-0.05, 0) is 45.4 Å². The van der Waals surface area contributed by atoms with Gasteiger partial charge in [-0.2, -0.15) is 0 Å². The predicted octanol–water partition coefficient (Wildman–Crippen LogP) is 7.00. The molecule has 0 radical (unpaired) electrons. The monoisotopic (exact) mass is 498 g/mol. The summed E-state index contributed by atoms with van der Waals surface area (Å²) in [6.07, 6.45) is 19.1. The molecule has 34 heavy (non-hydrogen) atoms. The van der Waals surface area contributed by atoms with E-state index in [0.29, 0.717) is 13.2 Å². The number of hydrogen-bond acceptors (Lipinski definition) is 6. The average molecular weight is 499 g/mol. The lowest BCUT2D eigenvalue weighted by Crippen LogP contribution is -2.39. The summed E-state index contributed by atoms with van der Waals surface area (Å²) in [4.78, 5) is 23.9. The van der Waals surface area contributed by atoms with Gasteiger partial charge in [0.1, 0.15) is 0 Å². The molecule has 5 nitrogen and oxygen atoms in total. The van der Waals surface area contributed by atoms with Gasteiger partial charge in [0.05, 0.1) is 36.7 Å². The number of rotatable bonds is 19. The van der Waals surface area contributed by atoms with E-state index < -0.39 is 6.10 Å². The Balaban J connectivity index is 2.43. The highest BCUT2D eigenvalue weighted by Gasteiger charge is 2.36. The molecule has 0 spiro atoms. The van der Waals surface area contributed by atoms with E-state index in [0.717, 1.165) is 25.7 Å². The molecule has 1 rings (SSSR count). The topological polar surface area (TPSA) is 72.8 Å². The fourth-order valence-electron chi connectivity index (χ4n) is 4.67. The summed E-state index contributed by atoms with van der Waals surface area (Å²) in [6, 6.07) is 0. The van der Waals surface area contributed by atoms with E-state index in [4.69, 9.17) is 9.47 Å². The molecular weight excluding hydrogens is 448 g/mol. The standard InChI is InChI=1S/C28H50O5S/c1-4-7-8-9-10-11-12-13-14-15-16-17-18-23-19-20-24(21-25(29)32-5-2)27(31)28(23)34-22-26(30)33-6-3/h18,24,27-28,31H,4-17,19-22H2,1-3H3/t24-,27-,28-/m0/s1. The van der Waals surface area contributed by atoms with Crippen molar-refractivity contribution in [1.82, 2.24) is 0 Å². The van der Waals surface area contributed by atoms with Crippen molar-refractivity contribution in [3.05, 3.63) is 11.6 Å². The van der Waals surface area contributed by atoms with Gasteiger partial charge in [0.2, 0.25) is 0 Å². The fourth-order valence-corrected chi connectivity index (χ4v) is 5.92. The van der Waals surface area contributed by atoms with Crippen molar-refractivity contribution < 1.29 is 24.2 Å². The van der Waals surface area contributed by atoms with E-state index in [1.54, 1.807) is 13.8 Å². The molecule has 0 aromatic heterocycles. The first-order valence-electron chi connectivity index (χ1n) is 13.8. The molecule has 0 aliphatic heterocycles. The van der Waals surface area contributed by atoms with E-state index in [9.17, 15) is 14.7 Å². The molecule has 0 unspecified atom stereocenters. The average Bonchev–Trinajstić information content (AvgIpc) is 2.81. The fraction of sp³-hybridized carbons (Fsp3) is 0.857. The highest BCUT2D eigenvalue weighted by molar-refractivity contribution is 8.00. The first-order chi connectivity index (χ1) is 16.5. The molecule has 1 aliphatic carbocycles. The van der Waals surface area contributed by atoms with Gasteiger partial charge in [0, 0.05) is 0 Å². The molecular formula is C28H50O5S. The number of aliphatic hydroxyl groups is 1. The Hall–Kier alpha value is -1.01. The van der Waals surface area contributed by atoms with E-state index in [1.165, 1.54) is 81.5 Å². The normalized spacial score (nSPS) is 21.5. The molecule has 1 N–H and O–H groups in total. The largest absolute Gasteiger partial charge is 0.466 e. The molecule has 198 valence electrons. The van der Waals surface area contributed by atoms with Crippen molar-refractivity contribution in [1.29, 1.82) is 0 Å². The highest BCUT2D eigenvalue weighted by atomic mass is 32.2. The number of aliphatic hydroxyl groups excluding tert-OH is 1. The van der Waals surface area contributed by atoms with Gasteiger partial charge in [0.15, 0.2) is 0 Å². The lowest BCUT2D eigenvalue weighted by Gasteiger charge is -2.36. The van der Waals surface area contributed by atoms with Crippen LogP contribution in [0.4, 0.5) is 0 Å². The Kier molecular flexibility index (Phi) is 18.4. The number of esters is 2. The van der Waals surface area contributed by atoms with E-state index in [1.807, 2.05) is 0 Å². The molecule has 1 aliphatic rings. The first kappa shape index (κ1) is 31.0. The van der Waals surface area contributed by atoms with Crippen molar-refractivity contribution in [2.24, 2.45) is 5.92 Å². The summed E-state index contributed by atoms with van der Waals surface area (Å²) in [5, 5.41) is 10.9. The van der Waals surface area contributed by atoms with Gasteiger partial charge in [-0.1, -0.05) is 82.8 Å². The molecule has 0 amide bonds. The molecule has 0 heterocycles. The van der Waals surface area contributed by atoms with Crippen LogP contribution >= 0.6 is 11.8 Å². The minimum atomic E-state index is -0.652. The Bertz CT molecular complexity index is 577. The second-order valence-corrected chi connectivity index (χ2v) is 10.6. The first-order valence-corrected chi connectivity index (χ1v) is 14.9. The summed E-state index contributed by atoms with van der Waals surface area (Å²) in [7, 11) is 0. The van der Waals surface area contributed by atoms with Gasteiger partial charge in [0.25, 0.3) is 0 Å². The molecule has 0 aromatic rings. The van der Waals surface area contributed by atoms with Crippen LogP contribution in [-0.4, -0.2) is 47.4 Å². The van der Waals surface area contributed by atoms with Crippen LogP contribution in [0.15, 0.2) is 11.6 Å². The molecule has 0 saturated heterocycles. The van der Waals surface area contributed by atoms with E-state index >= 15 is 0 Å². The highest BCUT2D eigenvalue weighted by Crippen LogP contribution is 2.38. The number of ether oxygens (including phenoxy) is 2. The summed E-state index contributed by atoms with van der Waals surface area (Å²) < 4.78 is 10.2. The van der Waals surface area contributed by atoms with E-state index in [-0.39, 0.29) is 35.3 Å². The Labute approximate surface area is 212 Å². The number of thioether (sulfide) groups is 1. The van der Waals surface area contributed by atoms with Gasteiger partial charge in [-0.25, -0.2) is 0 Å². The summed E-state index contributed by atoms with van der Waals surface area (Å²) in [5.74, 6) is -0.416. The van der Waals surface area contributed by atoms with Gasteiger partial charge < -0.3 is 14.6 Å². The summed E-state index contributed by atoms with van der Waals surface area (Å²) in [5.41, 5.74) is 1.22. The van der Waals surface area contributed by atoms with E-state index in [2.05, 4.69) is 13.0 Å². The Morgan fingerprint density at radius 1 is 0.882 bits per heavy atom. The van der Waals surface area contributed by atoms with Crippen molar-refractivity contribution in [2.75, 3.05) is 19.0 Å². The number of hydrogen-bond donors (Lipinski definition) is 1. The van der Waals surface area contributed by atoms with Crippen LogP contribution in [0.5, 0.6) is 0 Å². The maximum absolute atomic E-state index is 12.0. The number of allylic oxidation sites excluding steroid dienone is 1. The third kappa shape index (κ3) is 13.8. The number of carbonyl (C=O) groups is 2. The van der Waals surface area contributed by atoms with Gasteiger partial charge in [-0.15, -0.1) is 11.8 Å². The molecule has 6 heteroatoms. The second kappa shape index (κ2) is 20.2. The minimum absolute atomic E-state index is 0.127. The summed E-state index contributed by atoms with van der Waals surface area (Å²) in [6.45, 7) is 6.57.